The standard InChI is InChI=1S/C20H31NO4/c1-13-3-14(2)10-21(9-13)17(22)11-25-18(23)19-5-15-4-16(6-19)8-20(24,7-15)12-19/h13-16,24H,3-12H2,1-2H3/t13-,14-,15+,16+,19?,20?/m0/s1. The van der Waals surface area contributed by atoms with Crippen LogP contribution in [-0.2, 0) is 14.3 Å². The summed E-state index contributed by atoms with van der Waals surface area (Å²) in [7, 11) is 0. The van der Waals surface area contributed by atoms with Crippen molar-refractivity contribution in [2.45, 2.75) is 64.4 Å². The lowest BCUT2D eigenvalue weighted by Gasteiger charge is -2.58. The number of amides is 1. The molecule has 4 bridgehead atoms. The molecule has 140 valence electrons. The SMILES string of the molecule is C[C@H]1C[C@H](C)CN(C(=O)COC(=O)C23C[C@H]4C[C@@H](CC(O)(C4)C2)C3)C1. The van der Waals surface area contributed by atoms with Crippen LogP contribution in [0.1, 0.15) is 58.8 Å². The molecule has 0 aromatic carbocycles. The normalized spacial score (nSPS) is 45.5. The fraction of sp³-hybridized carbons (Fsp3) is 0.900. The van der Waals surface area contributed by atoms with E-state index in [9.17, 15) is 14.7 Å². The fourth-order valence-corrected chi connectivity index (χ4v) is 6.69. The number of aliphatic hydroxyl groups is 1. The van der Waals surface area contributed by atoms with Crippen molar-refractivity contribution < 1.29 is 19.4 Å². The molecule has 1 aliphatic heterocycles. The molecule has 0 aromatic heterocycles. The Labute approximate surface area is 150 Å². The minimum absolute atomic E-state index is 0.0739. The van der Waals surface area contributed by atoms with Crippen LogP contribution in [0.4, 0.5) is 0 Å². The maximum absolute atomic E-state index is 12.9. The molecular formula is C20H31NO4. The van der Waals surface area contributed by atoms with Crippen molar-refractivity contribution in [2.75, 3.05) is 19.7 Å². The van der Waals surface area contributed by atoms with Gasteiger partial charge in [-0.05, 0) is 68.6 Å². The van der Waals surface area contributed by atoms with E-state index in [0.717, 1.165) is 51.6 Å². The van der Waals surface area contributed by atoms with Crippen LogP contribution >= 0.6 is 0 Å². The Bertz CT molecular complexity index is 550. The summed E-state index contributed by atoms with van der Waals surface area (Å²) in [6.45, 7) is 5.70. The summed E-state index contributed by atoms with van der Waals surface area (Å²) in [4.78, 5) is 27.2. The summed E-state index contributed by atoms with van der Waals surface area (Å²) in [5.41, 5.74) is -1.22. The number of hydrogen-bond acceptors (Lipinski definition) is 4. The monoisotopic (exact) mass is 349 g/mol. The van der Waals surface area contributed by atoms with Crippen molar-refractivity contribution in [3.63, 3.8) is 0 Å². The van der Waals surface area contributed by atoms with Crippen LogP contribution in [0.2, 0.25) is 0 Å². The van der Waals surface area contributed by atoms with Gasteiger partial charge in [0.15, 0.2) is 6.61 Å². The van der Waals surface area contributed by atoms with Crippen molar-refractivity contribution in [2.24, 2.45) is 29.1 Å². The first-order chi connectivity index (χ1) is 11.8. The molecule has 5 nitrogen and oxygen atoms in total. The van der Waals surface area contributed by atoms with Crippen LogP contribution < -0.4 is 0 Å². The molecular weight excluding hydrogens is 318 g/mol. The second-order valence-corrected chi connectivity index (χ2v) is 9.79. The molecule has 25 heavy (non-hydrogen) atoms. The van der Waals surface area contributed by atoms with Gasteiger partial charge in [0.05, 0.1) is 11.0 Å². The Kier molecular flexibility index (Phi) is 4.13. The predicted octanol–water partition coefficient (Wildman–Crippen LogP) is 2.37. The maximum atomic E-state index is 12.9. The number of ether oxygens (including phenoxy) is 1. The molecule has 1 saturated heterocycles. The van der Waals surface area contributed by atoms with E-state index >= 15 is 0 Å². The fourth-order valence-electron chi connectivity index (χ4n) is 6.69. The van der Waals surface area contributed by atoms with E-state index in [2.05, 4.69) is 13.8 Å². The summed E-state index contributed by atoms with van der Waals surface area (Å²) in [6, 6.07) is 0. The molecule has 4 aliphatic carbocycles. The average molecular weight is 349 g/mol. The molecule has 5 rings (SSSR count). The molecule has 1 amide bonds. The van der Waals surface area contributed by atoms with E-state index in [1.165, 1.54) is 0 Å². The second kappa shape index (κ2) is 5.97. The van der Waals surface area contributed by atoms with Crippen molar-refractivity contribution in [3.05, 3.63) is 0 Å². The molecule has 0 unspecified atom stereocenters. The first-order valence-corrected chi connectivity index (χ1v) is 9.94. The van der Waals surface area contributed by atoms with Gasteiger partial charge in [-0.3, -0.25) is 9.59 Å². The number of hydrogen-bond donors (Lipinski definition) is 1. The van der Waals surface area contributed by atoms with Crippen molar-refractivity contribution in [1.82, 2.24) is 4.90 Å². The first-order valence-electron chi connectivity index (χ1n) is 9.94. The lowest BCUT2D eigenvalue weighted by molar-refractivity contribution is -0.197. The molecule has 0 radical (unpaired) electrons. The molecule has 0 spiro atoms. The Morgan fingerprint density at radius 1 is 1.04 bits per heavy atom. The zero-order valence-electron chi connectivity index (χ0n) is 15.5. The van der Waals surface area contributed by atoms with Gasteiger partial charge in [-0.15, -0.1) is 0 Å². The van der Waals surface area contributed by atoms with E-state index in [1.54, 1.807) is 0 Å². The zero-order chi connectivity index (χ0) is 17.8. The predicted molar refractivity (Wildman–Crippen MR) is 92.5 cm³/mol. The van der Waals surface area contributed by atoms with E-state index in [4.69, 9.17) is 4.74 Å². The number of nitrogens with zero attached hydrogens (tertiary/aromatic N) is 1. The number of carbonyl (C=O) groups excluding carboxylic acids is 2. The Balaban J connectivity index is 1.37. The van der Waals surface area contributed by atoms with E-state index in [1.807, 2.05) is 4.90 Å². The van der Waals surface area contributed by atoms with E-state index in [0.29, 0.717) is 30.1 Å². The summed E-state index contributed by atoms with van der Waals surface area (Å²) in [5, 5.41) is 10.8. The number of carbonyl (C=O) groups is 2. The minimum Gasteiger partial charge on any atom is -0.455 e. The van der Waals surface area contributed by atoms with Crippen LogP contribution in [0.5, 0.6) is 0 Å². The summed E-state index contributed by atoms with van der Waals surface area (Å²) in [6.07, 6.45) is 6.14. The van der Waals surface area contributed by atoms with Crippen LogP contribution in [0.3, 0.4) is 0 Å². The molecule has 5 fully saturated rings. The number of likely N-dealkylation sites (tertiary alicyclic amines) is 1. The highest BCUT2D eigenvalue weighted by Crippen LogP contribution is 2.61. The van der Waals surface area contributed by atoms with Crippen LogP contribution in [-0.4, -0.2) is 47.2 Å². The molecule has 4 atom stereocenters. The van der Waals surface area contributed by atoms with Gasteiger partial charge in [-0.1, -0.05) is 13.8 Å². The highest BCUT2D eigenvalue weighted by molar-refractivity contribution is 5.83. The molecule has 1 heterocycles. The van der Waals surface area contributed by atoms with Crippen LogP contribution in [0, 0.1) is 29.1 Å². The van der Waals surface area contributed by atoms with Gasteiger partial charge < -0.3 is 14.7 Å². The molecule has 4 saturated carbocycles. The minimum atomic E-state index is -0.676. The smallest absolute Gasteiger partial charge is 0.312 e. The van der Waals surface area contributed by atoms with Crippen molar-refractivity contribution >= 4 is 11.9 Å². The van der Waals surface area contributed by atoms with E-state index < -0.39 is 11.0 Å². The van der Waals surface area contributed by atoms with E-state index in [-0.39, 0.29) is 18.5 Å². The lowest BCUT2D eigenvalue weighted by Crippen LogP contribution is -2.58. The topological polar surface area (TPSA) is 66.8 Å². The molecule has 5 aliphatic rings. The quantitative estimate of drug-likeness (QED) is 0.795. The number of rotatable bonds is 3. The Morgan fingerprint density at radius 3 is 2.20 bits per heavy atom. The molecule has 1 N–H and O–H groups in total. The maximum Gasteiger partial charge on any atom is 0.312 e. The van der Waals surface area contributed by atoms with Crippen molar-refractivity contribution in [1.29, 1.82) is 0 Å². The highest BCUT2D eigenvalue weighted by Gasteiger charge is 2.60. The largest absolute Gasteiger partial charge is 0.455 e. The summed E-state index contributed by atoms with van der Waals surface area (Å²) >= 11 is 0. The molecule has 0 aromatic rings. The van der Waals surface area contributed by atoms with Gasteiger partial charge in [-0.2, -0.15) is 0 Å². The first kappa shape index (κ1) is 17.3. The third kappa shape index (κ3) is 3.20. The van der Waals surface area contributed by atoms with Gasteiger partial charge in [0.2, 0.25) is 0 Å². The van der Waals surface area contributed by atoms with Gasteiger partial charge in [0.25, 0.3) is 5.91 Å². The number of esters is 1. The Hall–Kier alpha value is -1.10. The van der Waals surface area contributed by atoms with Gasteiger partial charge in [-0.25, -0.2) is 0 Å². The van der Waals surface area contributed by atoms with Gasteiger partial charge in [0.1, 0.15) is 0 Å². The van der Waals surface area contributed by atoms with Gasteiger partial charge >= 0.3 is 5.97 Å². The second-order valence-electron chi connectivity index (χ2n) is 9.79. The summed E-state index contributed by atoms with van der Waals surface area (Å²) in [5.74, 6) is 1.57. The zero-order valence-corrected chi connectivity index (χ0v) is 15.5. The summed E-state index contributed by atoms with van der Waals surface area (Å²) < 4.78 is 5.52. The third-order valence-corrected chi connectivity index (χ3v) is 7.01. The third-order valence-electron chi connectivity index (χ3n) is 7.01. The van der Waals surface area contributed by atoms with Crippen LogP contribution in [0.25, 0.3) is 0 Å². The molecule has 5 heteroatoms. The van der Waals surface area contributed by atoms with Crippen molar-refractivity contribution in [3.8, 4) is 0 Å². The van der Waals surface area contributed by atoms with Crippen LogP contribution in [0.15, 0.2) is 0 Å². The van der Waals surface area contributed by atoms with Gasteiger partial charge in [0, 0.05) is 13.1 Å². The average Bonchev–Trinajstić information content (AvgIpc) is 2.48. The Morgan fingerprint density at radius 2 is 1.64 bits per heavy atom. The lowest BCUT2D eigenvalue weighted by atomic mass is 9.48. The number of piperidine rings is 1. The highest BCUT2D eigenvalue weighted by atomic mass is 16.5.